The quantitative estimate of drug-likeness (QED) is 0.727. The van der Waals surface area contributed by atoms with Gasteiger partial charge in [-0.15, -0.1) is 0 Å². The molecule has 1 fully saturated rings. The Balaban J connectivity index is 1.53. The van der Waals surface area contributed by atoms with Crippen LogP contribution in [0.25, 0.3) is 5.52 Å². The van der Waals surface area contributed by atoms with Crippen molar-refractivity contribution < 1.29 is 0 Å². The largest absolute Gasteiger partial charge is 0.368 e. The van der Waals surface area contributed by atoms with E-state index in [1.54, 1.807) is 0 Å². The van der Waals surface area contributed by atoms with Crippen molar-refractivity contribution >= 4 is 17.0 Å². The van der Waals surface area contributed by atoms with Crippen LogP contribution in [-0.2, 0) is 0 Å². The summed E-state index contributed by atoms with van der Waals surface area (Å²) >= 11 is 0. The van der Waals surface area contributed by atoms with E-state index in [-0.39, 0.29) is 0 Å². The van der Waals surface area contributed by atoms with E-state index in [2.05, 4.69) is 51.1 Å². The Bertz CT molecular complexity index is 786. The Labute approximate surface area is 129 Å². The second-order valence-corrected chi connectivity index (χ2v) is 5.72. The van der Waals surface area contributed by atoms with Gasteiger partial charge in [0.05, 0.1) is 6.20 Å². The highest BCUT2D eigenvalue weighted by Crippen LogP contribution is 2.22. The van der Waals surface area contributed by atoms with Crippen LogP contribution >= 0.6 is 0 Å². The number of nitrogens with zero attached hydrogens (tertiary/aromatic N) is 5. The third-order valence-corrected chi connectivity index (χ3v) is 4.25. The second-order valence-electron chi connectivity index (χ2n) is 5.72. The molecule has 5 heteroatoms. The van der Waals surface area contributed by atoms with Gasteiger partial charge in [0.15, 0.2) is 5.82 Å². The first kappa shape index (κ1) is 13.1. The highest BCUT2D eigenvalue weighted by atomic mass is 15.3. The first-order valence-electron chi connectivity index (χ1n) is 7.66. The first-order chi connectivity index (χ1) is 10.8. The van der Waals surface area contributed by atoms with Gasteiger partial charge >= 0.3 is 0 Å². The summed E-state index contributed by atoms with van der Waals surface area (Å²) in [7, 11) is 0. The maximum Gasteiger partial charge on any atom is 0.154 e. The molecule has 0 spiro atoms. The average molecular weight is 293 g/mol. The third kappa shape index (κ3) is 2.28. The average Bonchev–Trinajstić information content (AvgIpc) is 3.04. The first-order valence-corrected chi connectivity index (χ1v) is 7.66. The maximum atomic E-state index is 4.56. The van der Waals surface area contributed by atoms with E-state index in [1.165, 1.54) is 11.3 Å². The van der Waals surface area contributed by atoms with E-state index in [0.717, 1.165) is 37.5 Å². The normalized spacial score (nSPS) is 15.5. The van der Waals surface area contributed by atoms with Gasteiger partial charge in [-0.05, 0) is 30.7 Å². The molecule has 3 heterocycles. The Hall–Kier alpha value is -2.56. The fraction of sp³-hybridized carbons (Fsp3) is 0.294. The van der Waals surface area contributed by atoms with Crippen molar-refractivity contribution in [3.8, 4) is 0 Å². The lowest BCUT2D eigenvalue weighted by Gasteiger charge is -2.37. The van der Waals surface area contributed by atoms with E-state index in [9.17, 15) is 0 Å². The Morgan fingerprint density at radius 1 is 0.955 bits per heavy atom. The van der Waals surface area contributed by atoms with Gasteiger partial charge in [0.2, 0.25) is 0 Å². The molecule has 2 aromatic heterocycles. The SMILES string of the molecule is Cc1cccc(N2CCN(c3nccn4nccc34)CC2)c1. The lowest BCUT2D eigenvalue weighted by atomic mass is 10.2. The van der Waals surface area contributed by atoms with Crippen molar-refractivity contribution in [2.24, 2.45) is 0 Å². The Kier molecular flexibility index (Phi) is 3.18. The summed E-state index contributed by atoms with van der Waals surface area (Å²) in [6.07, 6.45) is 5.54. The van der Waals surface area contributed by atoms with Crippen LogP contribution in [0.2, 0.25) is 0 Å². The van der Waals surface area contributed by atoms with Crippen molar-refractivity contribution in [1.82, 2.24) is 14.6 Å². The molecule has 0 saturated carbocycles. The molecule has 0 aliphatic carbocycles. The molecule has 0 radical (unpaired) electrons. The van der Waals surface area contributed by atoms with Crippen LogP contribution in [0.3, 0.4) is 0 Å². The molecule has 1 saturated heterocycles. The van der Waals surface area contributed by atoms with E-state index in [4.69, 9.17) is 0 Å². The number of benzene rings is 1. The van der Waals surface area contributed by atoms with Crippen molar-refractivity contribution in [2.75, 3.05) is 36.0 Å². The molecular weight excluding hydrogens is 274 g/mol. The number of hydrogen-bond donors (Lipinski definition) is 0. The van der Waals surface area contributed by atoms with Crippen LogP contribution in [0.1, 0.15) is 5.56 Å². The minimum absolute atomic E-state index is 0.978. The number of rotatable bonds is 2. The molecule has 0 bridgehead atoms. The highest BCUT2D eigenvalue weighted by Gasteiger charge is 2.20. The van der Waals surface area contributed by atoms with Gasteiger partial charge in [0.1, 0.15) is 5.52 Å². The number of aryl methyl sites for hydroxylation is 1. The molecule has 0 unspecified atom stereocenters. The van der Waals surface area contributed by atoms with Crippen LogP contribution in [0.15, 0.2) is 48.9 Å². The molecule has 112 valence electrons. The molecule has 0 atom stereocenters. The minimum Gasteiger partial charge on any atom is -0.368 e. The molecule has 0 amide bonds. The molecule has 4 rings (SSSR count). The van der Waals surface area contributed by atoms with Crippen molar-refractivity contribution in [3.05, 3.63) is 54.5 Å². The van der Waals surface area contributed by atoms with Crippen LogP contribution in [0, 0.1) is 6.92 Å². The zero-order valence-electron chi connectivity index (χ0n) is 12.7. The predicted molar refractivity (Wildman–Crippen MR) is 88.6 cm³/mol. The molecule has 5 nitrogen and oxygen atoms in total. The summed E-state index contributed by atoms with van der Waals surface area (Å²) in [6, 6.07) is 10.7. The van der Waals surface area contributed by atoms with Gasteiger partial charge in [-0.1, -0.05) is 12.1 Å². The van der Waals surface area contributed by atoms with Gasteiger partial charge in [0, 0.05) is 44.3 Å². The predicted octanol–water partition coefficient (Wildman–Crippen LogP) is 2.36. The molecular formula is C17H19N5. The molecule has 1 aliphatic rings. The van der Waals surface area contributed by atoms with E-state index in [0.29, 0.717) is 0 Å². The summed E-state index contributed by atoms with van der Waals surface area (Å²) in [5.41, 5.74) is 3.70. The third-order valence-electron chi connectivity index (χ3n) is 4.25. The van der Waals surface area contributed by atoms with Crippen molar-refractivity contribution in [2.45, 2.75) is 6.92 Å². The number of hydrogen-bond acceptors (Lipinski definition) is 4. The van der Waals surface area contributed by atoms with Gasteiger partial charge in [-0.2, -0.15) is 5.10 Å². The van der Waals surface area contributed by atoms with Gasteiger partial charge in [-0.25, -0.2) is 9.50 Å². The molecule has 1 aliphatic heterocycles. The van der Waals surface area contributed by atoms with E-state index in [1.807, 2.05) is 29.2 Å². The Morgan fingerprint density at radius 2 is 1.77 bits per heavy atom. The smallest absolute Gasteiger partial charge is 0.154 e. The highest BCUT2D eigenvalue weighted by molar-refractivity contribution is 5.68. The molecule has 3 aromatic rings. The minimum atomic E-state index is 0.978. The lowest BCUT2D eigenvalue weighted by molar-refractivity contribution is 0.647. The van der Waals surface area contributed by atoms with E-state index >= 15 is 0 Å². The maximum absolute atomic E-state index is 4.56. The fourth-order valence-corrected chi connectivity index (χ4v) is 3.09. The van der Waals surface area contributed by atoms with Gasteiger partial charge in [-0.3, -0.25) is 0 Å². The monoisotopic (exact) mass is 293 g/mol. The van der Waals surface area contributed by atoms with Crippen molar-refractivity contribution in [1.29, 1.82) is 0 Å². The topological polar surface area (TPSA) is 36.7 Å². The zero-order valence-corrected chi connectivity index (χ0v) is 12.7. The second kappa shape index (κ2) is 5.33. The van der Waals surface area contributed by atoms with Crippen LogP contribution in [-0.4, -0.2) is 40.8 Å². The van der Waals surface area contributed by atoms with Crippen LogP contribution in [0.4, 0.5) is 11.5 Å². The number of piperazine rings is 1. The van der Waals surface area contributed by atoms with Gasteiger partial charge < -0.3 is 9.80 Å². The summed E-state index contributed by atoms with van der Waals surface area (Å²) in [6.45, 7) is 6.13. The molecule has 22 heavy (non-hydrogen) atoms. The van der Waals surface area contributed by atoms with Crippen LogP contribution in [0.5, 0.6) is 0 Å². The lowest BCUT2D eigenvalue weighted by Crippen LogP contribution is -2.47. The molecule has 0 N–H and O–H groups in total. The van der Waals surface area contributed by atoms with Crippen molar-refractivity contribution in [3.63, 3.8) is 0 Å². The number of aromatic nitrogens is 3. The zero-order chi connectivity index (χ0) is 14.9. The number of anilines is 2. The summed E-state index contributed by atoms with van der Waals surface area (Å²) in [5.74, 6) is 1.03. The standard InChI is InChI=1S/C17H19N5/c1-14-3-2-4-15(13-14)20-9-11-21(12-10-20)17-16-5-6-19-22(16)8-7-18-17/h2-8,13H,9-12H2,1H3. The summed E-state index contributed by atoms with van der Waals surface area (Å²) < 4.78 is 1.88. The number of fused-ring (bicyclic) bond motifs is 1. The summed E-state index contributed by atoms with van der Waals surface area (Å²) in [5, 5.41) is 4.29. The summed E-state index contributed by atoms with van der Waals surface area (Å²) in [4.78, 5) is 9.36. The Morgan fingerprint density at radius 3 is 2.59 bits per heavy atom. The van der Waals surface area contributed by atoms with E-state index < -0.39 is 0 Å². The molecule has 1 aromatic carbocycles. The fourth-order valence-electron chi connectivity index (χ4n) is 3.09. The van der Waals surface area contributed by atoms with Gasteiger partial charge in [0.25, 0.3) is 0 Å². The van der Waals surface area contributed by atoms with Crippen LogP contribution < -0.4 is 9.80 Å².